The fourth-order valence-corrected chi connectivity index (χ4v) is 2.52. The number of piperidine rings is 1. The molecule has 118 valence electrons. The number of methoxy groups -OCH3 is 1. The second-order valence-electron chi connectivity index (χ2n) is 6.37. The van der Waals surface area contributed by atoms with Crippen LogP contribution in [-0.2, 0) is 10.3 Å². The molecule has 7 heteroatoms. The third kappa shape index (κ3) is 3.29. The van der Waals surface area contributed by atoms with Gasteiger partial charge in [0.1, 0.15) is 11.4 Å². The number of carbonyl (C=O) groups excluding carboxylic acids is 1. The minimum atomic E-state index is -0.464. The van der Waals surface area contributed by atoms with Crippen molar-refractivity contribution in [3.8, 4) is 0 Å². The molecular formula is C14H25N5O2. The topological polar surface area (TPSA) is 94.2 Å². The summed E-state index contributed by atoms with van der Waals surface area (Å²) < 4.78 is 6.51. The highest BCUT2D eigenvalue weighted by atomic mass is 16.5. The van der Waals surface area contributed by atoms with Crippen molar-refractivity contribution in [1.82, 2.24) is 15.1 Å². The van der Waals surface area contributed by atoms with Crippen LogP contribution in [0.5, 0.6) is 0 Å². The Morgan fingerprint density at radius 1 is 1.52 bits per heavy atom. The van der Waals surface area contributed by atoms with Crippen LogP contribution in [0.25, 0.3) is 0 Å². The summed E-state index contributed by atoms with van der Waals surface area (Å²) in [6.07, 6.45) is 2.14. The molecule has 0 saturated carbocycles. The zero-order valence-electron chi connectivity index (χ0n) is 13.2. The molecule has 1 unspecified atom stereocenters. The third-order valence-electron chi connectivity index (χ3n) is 3.58. The average Bonchev–Trinajstić information content (AvgIpc) is 2.76. The number of nitrogens with two attached hydrogens (primary N) is 1. The number of nitrogen functional groups attached to an aromatic ring is 1. The van der Waals surface area contributed by atoms with Crippen LogP contribution >= 0.6 is 0 Å². The average molecular weight is 295 g/mol. The van der Waals surface area contributed by atoms with Gasteiger partial charge in [0.2, 0.25) is 0 Å². The molecule has 1 fully saturated rings. The van der Waals surface area contributed by atoms with Crippen LogP contribution in [0.1, 0.15) is 44.0 Å². The van der Waals surface area contributed by atoms with Crippen molar-refractivity contribution in [3.05, 3.63) is 5.56 Å². The van der Waals surface area contributed by atoms with Crippen molar-refractivity contribution in [2.45, 2.75) is 45.2 Å². The molecule has 21 heavy (non-hydrogen) atoms. The van der Waals surface area contributed by atoms with E-state index >= 15 is 0 Å². The van der Waals surface area contributed by atoms with Gasteiger partial charge in [0.25, 0.3) is 0 Å². The Morgan fingerprint density at radius 3 is 2.76 bits per heavy atom. The first-order valence-corrected chi connectivity index (χ1v) is 7.29. The number of ether oxygens (including phenoxy) is 1. The summed E-state index contributed by atoms with van der Waals surface area (Å²) in [5.41, 5.74) is 6.13. The van der Waals surface area contributed by atoms with Gasteiger partial charge in [0, 0.05) is 12.6 Å². The van der Waals surface area contributed by atoms with Crippen LogP contribution in [0.4, 0.5) is 11.6 Å². The third-order valence-corrected chi connectivity index (χ3v) is 3.58. The molecule has 7 nitrogen and oxygen atoms in total. The number of hydrogen-bond acceptors (Lipinski definition) is 6. The Balaban J connectivity index is 2.35. The largest absolute Gasteiger partial charge is 0.465 e. The van der Waals surface area contributed by atoms with E-state index in [4.69, 9.17) is 10.5 Å². The predicted molar refractivity (Wildman–Crippen MR) is 82.5 cm³/mol. The van der Waals surface area contributed by atoms with Gasteiger partial charge in [-0.2, -0.15) is 5.10 Å². The summed E-state index contributed by atoms with van der Waals surface area (Å²) in [7, 11) is 1.35. The number of rotatable bonds is 3. The summed E-state index contributed by atoms with van der Waals surface area (Å²) in [6.45, 7) is 7.85. The highest BCUT2D eigenvalue weighted by molar-refractivity contribution is 5.99. The van der Waals surface area contributed by atoms with E-state index in [0.29, 0.717) is 17.2 Å². The molecule has 0 radical (unpaired) electrons. The molecule has 4 N–H and O–H groups in total. The Morgan fingerprint density at radius 2 is 2.24 bits per heavy atom. The molecule has 0 aromatic carbocycles. The van der Waals surface area contributed by atoms with Gasteiger partial charge in [-0.1, -0.05) is 0 Å². The van der Waals surface area contributed by atoms with Crippen LogP contribution in [0.15, 0.2) is 0 Å². The maximum absolute atomic E-state index is 12.0. The van der Waals surface area contributed by atoms with Crippen LogP contribution in [0.3, 0.4) is 0 Å². The van der Waals surface area contributed by atoms with Crippen molar-refractivity contribution in [3.63, 3.8) is 0 Å². The molecule has 1 aliphatic rings. The zero-order valence-corrected chi connectivity index (χ0v) is 13.2. The van der Waals surface area contributed by atoms with E-state index in [1.54, 1.807) is 4.68 Å². The van der Waals surface area contributed by atoms with Crippen molar-refractivity contribution in [2.24, 2.45) is 0 Å². The molecule has 0 amide bonds. The molecule has 0 aliphatic carbocycles. The molecule has 1 aromatic rings. The maximum Gasteiger partial charge on any atom is 0.345 e. The quantitative estimate of drug-likeness (QED) is 0.725. The van der Waals surface area contributed by atoms with Gasteiger partial charge < -0.3 is 21.1 Å². The molecule has 1 saturated heterocycles. The lowest BCUT2D eigenvalue weighted by atomic mass is 10.1. The molecule has 2 heterocycles. The lowest BCUT2D eigenvalue weighted by Crippen LogP contribution is -2.38. The van der Waals surface area contributed by atoms with Crippen LogP contribution in [0.2, 0.25) is 0 Å². The highest BCUT2D eigenvalue weighted by Gasteiger charge is 2.29. The molecule has 0 bridgehead atoms. The number of anilines is 2. The zero-order chi connectivity index (χ0) is 15.6. The maximum atomic E-state index is 12.0. The summed E-state index contributed by atoms with van der Waals surface area (Å²) in [5.74, 6) is 0.373. The van der Waals surface area contributed by atoms with Crippen molar-refractivity contribution in [1.29, 1.82) is 0 Å². The van der Waals surface area contributed by atoms with Crippen LogP contribution < -0.4 is 16.4 Å². The fourth-order valence-electron chi connectivity index (χ4n) is 2.52. The van der Waals surface area contributed by atoms with E-state index in [-0.39, 0.29) is 11.6 Å². The monoisotopic (exact) mass is 295 g/mol. The highest BCUT2D eigenvalue weighted by Crippen LogP contribution is 2.29. The lowest BCUT2D eigenvalue weighted by Gasteiger charge is -2.24. The first kappa shape index (κ1) is 15.6. The normalized spacial score (nSPS) is 19.3. The smallest absolute Gasteiger partial charge is 0.345 e. The molecule has 2 rings (SSSR count). The number of nitrogens with zero attached hydrogens (tertiary/aromatic N) is 2. The van der Waals surface area contributed by atoms with Crippen LogP contribution in [-0.4, -0.2) is 42.0 Å². The van der Waals surface area contributed by atoms with Gasteiger partial charge in [-0.3, -0.25) is 0 Å². The Labute approximate surface area is 125 Å². The van der Waals surface area contributed by atoms with Crippen molar-refractivity contribution in [2.75, 3.05) is 31.2 Å². The summed E-state index contributed by atoms with van der Waals surface area (Å²) in [4.78, 5) is 12.0. The Bertz CT molecular complexity index is 512. The molecule has 1 aromatic heterocycles. The van der Waals surface area contributed by atoms with E-state index in [1.807, 2.05) is 20.8 Å². The Kier molecular flexibility index (Phi) is 4.41. The van der Waals surface area contributed by atoms with E-state index in [9.17, 15) is 4.79 Å². The first-order chi connectivity index (χ1) is 9.84. The number of esters is 1. The van der Waals surface area contributed by atoms with E-state index in [2.05, 4.69) is 15.7 Å². The number of aromatic nitrogens is 2. The standard InChI is InChI=1S/C14H25N5O2/c1-14(2,3)19-11(15)10(13(20)21-4)12(18-19)17-9-6-5-7-16-8-9/h9,16H,5-8,15H2,1-4H3,(H,17,18). The molecule has 1 aliphatic heterocycles. The van der Waals surface area contributed by atoms with Gasteiger partial charge in [0.15, 0.2) is 5.82 Å². The van der Waals surface area contributed by atoms with Gasteiger partial charge >= 0.3 is 5.97 Å². The minimum Gasteiger partial charge on any atom is -0.465 e. The molecule has 1 atom stereocenters. The van der Waals surface area contributed by atoms with Gasteiger partial charge in [-0.05, 0) is 40.2 Å². The van der Waals surface area contributed by atoms with Gasteiger partial charge in [0.05, 0.1) is 12.6 Å². The minimum absolute atomic E-state index is 0.241. The second kappa shape index (κ2) is 5.93. The Hall–Kier alpha value is -1.76. The first-order valence-electron chi connectivity index (χ1n) is 7.29. The van der Waals surface area contributed by atoms with Crippen molar-refractivity contribution < 1.29 is 9.53 Å². The number of hydrogen-bond donors (Lipinski definition) is 3. The van der Waals surface area contributed by atoms with Crippen molar-refractivity contribution >= 4 is 17.6 Å². The van der Waals surface area contributed by atoms with Gasteiger partial charge in [-0.25, -0.2) is 9.48 Å². The second-order valence-corrected chi connectivity index (χ2v) is 6.37. The SMILES string of the molecule is COC(=O)c1c(NC2CCCNC2)nn(C(C)(C)C)c1N. The number of carbonyl (C=O) groups is 1. The lowest BCUT2D eigenvalue weighted by molar-refractivity contribution is 0.0603. The number of nitrogens with one attached hydrogen (secondary N) is 2. The van der Waals surface area contributed by atoms with Crippen LogP contribution in [0, 0.1) is 0 Å². The fraction of sp³-hybridized carbons (Fsp3) is 0.714. The molecular weight excluding hydrogens is 270 g/mol. The molecule has 0 spiro atoms. The van der Waals surface area contributed by atoms with E-state index in [0.717, 1.165) is 25.9 Å². The summed E-state index contributed by atoms with van der Waals surface area (Å²) in [5, 5.41) is 11.1. The summed E-state index contributed by atoms with van der Waals surface area (Å²) >= 11 is 0. The van der Waals surface area contributed by atoms with E-state index in [1.165, 1.54) is 7.11 Å². The predicted octanol–water partition coefficient (Wildman–Crippen LogP) is 1.17. The van der Waals surface area contributed by atoms with Gasteiger partial charge in [-0.15, -0.1) is 0 Å². The summed E-state index contributed by atoms with van der Waals surface area (Å²) in [6, 6.07) is 0.241. The van der Waals surface area contributed by atoms with E-state index < -0.39 is 5.97 Å².